The van der Waals surface area contributed by atoms with Gasteiger partial charge < -0.3 is 15.8 Å². The molecule has 3 N–H and O–H groups in total. The first-order valence-electron chi connectivity index (χ1n) is 6.15. The minimum absolute atomic E-state index is 0.692. The number of rotatable bonds is 7. The third kappa shape index (κ3) is 4.81. The van der Waals surface area contributed by atoms with Crippen molar-refractivity contribution >= 4 is 11.4 Å². The van der Waals surface area contributed by atoms with Crippen LogP contribution in [-0.4, -0.2) is 13.2 Å². The van der Waals surface area contributed by atoms with Gasteiger partial charge >= 0.3 is 0 Å². The number of nitrogens with two attached hydrogens (primary N) is 1. The second-order valence-electron chi connectivity index (χ2n) is 3.89. The van der Waals surface area contributed by atoms with E-state index in [1.165, 1.54) is 0 Å². The molecule has 0 heterocycles. The van der Waals surface area contributed by atoms with Crippen LogP contribution in [0.5, 0.6) is 5.75 Å². The van der Waals surface area contributed by atoms with Crippen molar-refractivity contribution in [1.82, 2.24) is 0 Å². The van der Waals surface area contributed by atoms with Crippen molar-refractivity contribution in [3.8, 4) is 5.75 Å². The van der Waals surface area contributed by atoms with Gasteiger partial charge in [0.2, 0.25) is 0 Å². The minimum Gasteiger partial charge on any atom is -0.491 e. The molecule has 0 atom stereocenters. The summed E-state index contributed by atoms with van der Waals surface area (Å²) in [6.07, 6.45) is 6.20. The molecule has 17 heavy (non-hydrogen) atoms. The Morgan fingerprint density at radius 2 is 2.24 bits per heavy atom. The summed E-state index contributed by atoms with van der Waals surface area (Å²) in [5.41, 5.74) is 7.59. The van der Waals surface area contributed by atoms with Crippen LogP contribution in [0.25, 0.3) is 0 Å². The number of nitrogens with one attached hydrogen (secondary N) is 1. The number of hydrogen-bond acceptors (Lipinski definition) is 3. The Hall–Kier alpha value is -1.64. The number of ether oxygens (including phenoxy) is 1. The first-order valence-corrected chi connectivity index (χ1v) is 6.15. The number of hydrogen-bond donors (Lipinski definition) is 2. The molecular weight excluding hydrogens is 212 g/mol. The summed E-state index contributed by atoms with van der Waals surface area (Å²) in [5.74, 6) is 0.767. The van der Waals surface area contributed by atoms with Crippen LogP contribution in [0.2, 0.25) is 0 Å². The SMILES string of the molecule is C/C=C/CCNc1ccc(N)c(OCCC)c1. The van der Waals surface area contributed by atoms with Crippen LogP contribution in [-0.2, 0) is 0 Å². The Labute approximate surface area is 104 Å². The average Bonchev–Trinajstić information content (AvgIpc) is 2.35. The minimum atomic E-state index is 0.692. The molecule has 0 aliphatic rings. The normalized spacial score (nSPS) is 10.7. The zero-order valence-electron chi connectivity index (χ0n) is 10.7. The largest absolute Gasteiger partial charge is 0.491 e. The van der Waals surface area contributed by atoms with Crippen molar-refractivity contribution in [1.29, 1.82) is 0 Å². The maximum absolute atomic E-state index is 5.84. The Morgan fingerprint density at radius 3 is 2.94 bits per heavy atom. The van der Waals surface area contributed by atoms with Crippen molar-refractivity contribution in [3.63, 3.8) is 0 Å². The Bertz CT molecular complexity index is 361. The highest BCUT2D eigenvalue weighted by atomic mass is 16.5. The average molecular weight is 234 g/mol. The highest BCUT2D eigenvalue weighted by molar-refractivity contribution is 5.61. The molecule has 0 spiro atoms. The summed E-state index contributed by atoms with van der Waals surface area (Å²) < 4.78 is 5.58. The molecule has 0 aromatic heterocycles. The summed E-state index contributed by atoms with van der Waals surface area (Å²) in [4.78, 5) is 0. The molecule has 0 saturated heterocycles. The Balaban J connectivity index is 2.54. The molecule has 0 radical (unpaired) electrons. The van der Waals surface area contributed by atoms with Gasteiger partial charge in [0.05, 0.1) is 12.3 Å². The van der Waals surface area contributed by atoms with Gasteiger partial charge in [-0.3, -0.25) is 0 Å². The van der Waals surface area contributed by atoms with Crippen LogP contribution < -0.4 is 15.8 Å². The summed E-state index contributed by atoms with van der Waals surface area (Å²) in [5, 5.41) is 3.34. The van der Waals surface area contributed by atoms with Crippen molar-refractivity contribution in [3.05, 3.63) is 30.4 Å². The molecule has 0 aliphatic carbocycles. The quantitative estimate of drug-likeness (QED) is 0.431. The first kappa shape index (κ1) is 13.4. The molecule has 3 nitrogen and oxygen atoms in total. The lowest BCUT2D eigenvalue weighted by molar-refractivity contribution is 0.319. The van der Waals surface area contributed by atoms with E-state index in [9.17, 15) is 0 Å². The maximum Gasteiger partial charge on any atom is 0.144 e. The molecule has 0 unspecified atom stereocenters. The lowest BCUT2D eigenvalue weighted by Crippen LogP contribution is -2.03. The molecule has 3 heteroatoms. The summed E-state index contributed by atoms with van der Waals surface area (Å²) in [7, 11) is 0. The number of benzene rings is 1. The highest BCUT2D eigenvalue weighted by Crippen LogP contribution is 2.25. The van der Waals surface area contributed by atoms with E-state index in [-0.39, 0.29) is 0 Å². The van der Waals surface area contributed by atoms with Crippen LogP contribution >= 0.6 is 0 Å². The standard InChI is InChI=1S/C14H22N2O/c1-3-5-6-9-16-12-7-8-13(15)14(11-12)17-10-4-2/h3,5,7-8,11,16H,4,6,9-10,15H2,1-2H3/b5-3+. The van der Waals surface area contributed by atoms with Gasteiger partial charge in [0.25, 0.3) is 0 Å². The van der Waals surface area contributed by atoms with E-state index in [4.69, 9.17) is 10.5 Å². The summed E-state index contributed by atoms with van der Waals surface area (Å²) >= 11 is 0. The molecule has 0 saturated carbocycles. The van der Waals surface area contributed by atoms with E-state index in [0.717, 1.165) is 30.8 Å². The van der Waals surface area contributed by atoms with Gasteiger partial charge in [-0.1, -0.05) is 19.1 Å². The van der Waals surface area contributed by atoms with Gasteiger partial charge in [-0.05, 0) is 31.9 Å². The topological polar surface area (TPSA) is 47.3 Å². The summed E-state index contributed by atoms with van der Waals surface area (Å²) in [6, 6.07) is 5.81. The molecule has 94 valence electrons. The van der Waals surface area contributed by atoms with Gasteiger partial charge in [0.1, 0.15) is 5.75 Å². The van der Waals surface area contributed by atoms with Crippen molar-refractivity contribution < 1.29 is 4.74 Å². The third-order valence-electron chi connectivity index (χ3n) is 2.35. The van der Waals surface area contributed by atoms with E-state index in [1.807, 2.05) is 25.1 Å². The lowest BCUT2D eigenvalue weighted by atomic mass is 10.2. The highest BCUT2D eigenvalue weighted by Gasteiger charge is 2.01. The zero-order valence-corrected chi connectivity index (χ0v) is 10.7. The van der Waals surface area contributed by atoms with Gasteiger partial charge in [-0.25, -0.2) is 0 Å². The number of allylic oxidation sites excluding steroid dienone is 1. The van der Waals surface area contributed by atoms with E-state index in [0.29, 0.717) is 12.3 Å². The smallest absolute Gasteiger partial charge is 0.144 e. The van der Waals surface area contributed by atoms with Gasteiger partial charge in [-0.2, -0.15) is 0 Å². The van der Waals surface area contributed by atoms with Crippen molar-refractivity contribution in [2.75, 3.05) is 24.2 Å². The van der Waals surface area contributed by atoms with Crippen LogP contribution in [0.1, 0.15) is 26.7 Å². The predicted molar refractivity (Wildman–Crippen MR) is 74.6 cm³/mol. The van der Waals surface area contributed by atoms with E-state index >= 15 is 0 Å². The summed E-state index contributed by atoms with van der Waals surface area (Å²) in [6.45, 7) is 5.73. The van der Waals surface area contributed by atoms with Crippen LogP contribution in [0.3, 0.4) is 0 Å². The number of nitrogen functional groups attached to an aromatic ring is 1. The second-order valence-corrected chi connectivity index (χ2v) is 3.89. The van der Waals surface area contributed by atoms with Gasteiger partial charge in [-0.15, -0.1) is 0 Å². The molecule has 1 aromatic carbocycles. The Kier molecular flexibility index (Phi) is 6.00. The lowest BCUT2D eigenvalue weighted by Gasteiger charge is -2.11. The monoisotopic (exact) mass is 234 g/mol. The maximum atomic E-state index is 5.84. The van der Waals surface area contributed by atoms with Crippen LogP contribution in [0.4, 0.5) is 11.4 Å². The van der Waals surface area contributed by atoms with Crippen LogP contribution in [0, 0.1) is 0 Å². The van der Waals surface area contributed by atoms with Crippen LogP contribution in [0.15, 0.2) is 30.4 Å². The molecule has 1 rings (SSSR count). The molecule has 0 amide bonds. The first-order chi connectivity index (χ1) is 8.27. The van der Waals surface area contributed by atoms with E-state index in [2.05, 4.69) is 24.4 Å². The zero-order chi connectivity index (χ0) is 12.5. The predicted octanol–water partition coefficient (Wildman–Crippen LogP) is 3.44. The fourth-order valence-corrected chi connectivity index (χ4v) is 1.45. The molecule has 0 aliphatic heterocycles. The molecule has 0 bridgehead atoms. The molecular formula is C14H22N2O. The molecule has 0 fully saturated rings. The van der Waals surface area contributed by atoms with Crippen molar-refractivity contribution in [2.24, 2.45) is 0 Å². The number of anilines is 2. The third-order valence-corrected chi connectivity index (χ3v) is 2.35. The van der Waals surface area contributed by atoms with Gasteiger partial charge in [0.15, 0.2) is 0 Å². The fraction of sp³-hybridized carbons (Fsp3) is 0.429. The van der Waals surface area contributed by atoms with Crippen molar-refractivity contribution in [2.45, 2.75) is 26.7 Å². The second kappa shape index (κ2) is 7.60. The fourth-order valence-electron chi connectivity index (χ4n) is 1.45. The molecule has 1 aromatic rings. The van der Waals surface area contributed by atoms with E-state index < -0.39 is 0 Å². The Morgan fingerprint density at radius 1 is 1.41 bits per heavy atom. The van der Waals surface area contributed by atoms with E-state index in [1.54, 1.807) is 0 Å². The van der Waals surface area contributed by atoms with Gasteiger partial charge in [0, 0.05) is 18.3 Å².